The second-order valence-electron chi connectivity index (χ2n) is 4.37. The minimum Gasteiger partial charge on any atom is -0.488 e. The molecule has 0 saturated carbocycles. The van der Waals surface area contributed by atoms with Crippen molar-refractivity contribution in [3.63, 3.8) is 0 Å². The minimum absolute atomic E-state index is 0.235. The topological polar surface area (TPSA) is 41.5 Å². The molecule has 2 rings (SSSR count). The van der Waals surface area contributed by atoms with Crippen molar-refractivity contribution >= 4 is 0 Å². The van der Waals surface area contributed by atoms with Crippen molar-refractivity contribution in [2.75, 3.05) is 13.2 Å². The fourth-order valence-corrected chi connectivity index (χ4v) is 2.00. The molecule has 0 aliphatic carbocycles. The molecule has 0 spiro atoms. The number of aliphatic hydroxyl groups excluding tert-OH is 1. The summed E-state index contributed by atoms with van der Waals surface area (Å²) in [5, 5.41) is 12.2. The Hall–Kier alpha value is -1.06. The molecule has 1 aliphatic rings. The van der Waals surface area contributed by atoms with Crippen LogP contribution in [0.4, 0.5) is 0 Å². The highest BCUT2D eigenvalue weighted by molar-refractivity contribution is 5.37. The molecule has 2 N–H and O–H groups in total. The molecule has 3 heteroatoms. The Morgan fingerprint density at radius 3 is 3.06 bits per heavy atom. The van der Waals surface area contributed by atoms with E-state index in [0.717, 1.165) is 25.1 Å². The van der Waals surface area contributed by atoms with E-state index < -0.39 is 0 Å². The van der Waals surface area contributed by atoms with Gasteiger partial charge in [0.25, 0.3) is 0 Å². The number of benzene rings is 1. The molecule has 0 saturated heterocycles. The number of aliphatic hydroxyl groups is 1. The molecule has 88 valence electrons. The summed E-state index contributed by atoms with van der Waals surface area (Å²) in [5.41, 5.74) is 1.30. The van der Waals surface area contributed by atoms with Crippen molar-refractivity contribution in [1.82, 2.24) is 5.32 Å². The van der Waals surface area contributed by atoms with Crippen LogP contribution in [0.1, 0.15) is 18.9 Å². The Labute approximate surface area is 96.4 Å². The highest BCUT2D eigenvalue weighted by atomic mass is 16.5. The van der Waals surface area contributed by atoms with Gasteiger partial charge in [0.1, 0.15) is 11.9 Å². The van der Waals surface area contributed by atoms with E-state index in [-0.39, 0.29) is 12.7 Å². The lowest BCUT2D eigenvalue weighted by Crippen LogP contribution is -2.36. The van der Waals surface area contributed by atoms with E-state index >= 15 is 0 Å². The fourth-order valence-electron chi connectivity index (χ4n) is 2.00. The van der Waals surface area contributed by atoms with E-state index in [4.69, 9.17) is 9.84 Å². The molecule has 1 aromatic rings. The Bertz CT molecular complexity index is 315. The maximum absolute atomic E-state index is 8.80. The second kappa shape index (κ2) is 5.32. The van der Waals surface area contributed by atoms with Gasteiger partial charge in [0.05, 0.1) is 0 Å². The van der Waals surface area contributed by atoms with Gasteiger partial charge >= 0.3 is 0 Å². The van der Waals surface area contributed by atoms with Crippen LogP contribution in [0.3, 0.4) is 0 Å². The molecule has 1 aromatic carbocycles. The van der Waals surface area contributed by atoms with Gasteiger partial charge in [-0.15, -0.1) is 0 Å². The van der Waals surface area contributed by atoms with Gasteiger partial charge in [0, 0.05) is 25.6 Å². The first kappa shape index (κ1) is 11.4. The third kappa shape index (κ3) is 2.74. The van der Waals surface area contributed by atoms with Gasteiger partial charge in [0.2, 0.25) is 0 Å². The number of ether oxygens (including phenoxy) is 1. The summed E-state index contributed by atoms with van der Waals surface area (Å²) in [6.45, 7) is 3.16. The third-order valence-corrected chi connectivity index (χ3v) is 2.97. The molecule has 0 aromatic heterocycles. The first-order valence-corrected chi connectivity index (χ1v) is 5.88. The molecule has 1 heterocycles. The van der Waals surface area contributed by atoms with E-state index in [2.05, 4.69) is 18.3 Å². The first-order valence-electron chi connectivity index (χ1n) is 5.88. The molecule has 2 unspecified atom stereocenters. The lowest BCUT2D eigenvalue weighted by atomic mass is 10.1. The molecular weight excluding hydrogens is 202 g/mol. The average molecular weight is 221 g/mol. The second-order valence-corrected chi connectivity index (χ2v) is 4.37. The van der Waals surface area contributed by atoms with E-state index in [1.54, 1.807) is 0 Å². The van der Waals surface area contributed by atoms with Crippen LogP contribution in [-0.4, -0.2) is 30.4 Å². The van der Waals surface area contributed by atoms with Crippen molar-refractivity contribution in [3.05, 3.63) is 29.8 Å². The number of hydrogen-bond donors (Lipinski definition) is 2. The van der Waals surface area contributed by atoms with E-state index in [1.807, 2.05) is 18.2 Å². The lowest BCUT2D eigenvalue weighted by Gasteiger charge is -2.16. The predicted molar refractivity (Wildman–Crippen MR) is 63.7 cm³/mol. The van der Waals surface area contributed by atoms with Crippen molar-refractivity contribution in [2.45, 2.75) is 31.9 Å². The largest absolute Gasteiger partial charge is 0.488 e. The Kier molecular flexibility index (Phi) is 3.80. The van der Waals surface area contributed by atoms with Crippen LogP contribution in [-0.2, 0) is 6.42 Å². The van der Waals surface area contributed by atoms with Crippen molar-refractivity contribution in [1.29, 1.82) is 0 Å². The maximum Gasteiger partial charge on any atom is 0.123 e. The number of nitrogens with one attached hydrogen (secondary N) is 1. The van der Waals surface area contributed by atoms with Gasteiger partial charge in [-0.2, -0.15) is 0 Å². The normalized spacial score (nSPS) is 20.2. The smallest absolute Gasteiger partial charge is 0.123 e. The first-order chi connectivity index (χ1) is 7.79. The fraction of sp³-hybridized carbons (Fsp3) is 0.538. The van der Waals surface area contributed by atoms with Gasteiger partial charge in [0.15, 0.2) is 0 Å². The summed E-state index contributed by atoms with van der Waals surface area (Å²) in [4.78, 5) is 0. The zero-order valence-electron chi connectivity index (χ0n) is 9.65. The summed E-state index contributed by atoms with van der Waals surface area (Å²) in [6, 6.07) is 8.53. The zero-order valence-corrected chi connectivity index (χ0v) is 9.65. The molecule has 0 amide bonds. The van der Waals surface area contributed by atoms with Gasteiger partial charge in [-0.1, -0.05) is 18.2 Å². The SMILES string of the molecule is CC(CCO)NCC1Cc2ccccc2O1. The minimum atomic E-state index is 0.235. The van der Waals surface area contributed by atoms with E-state index in [0.29, 0.717) is 6.04 Å². The molecule has 3 nitrogen and oxygen atoms in total. The van der Waals surface area contributed by atoms with Crippen LogP contribution in [0.5, 0.6) is 5.75 Å². The van der Waals surface area contributed by atoms with Crippen LogP contribution in [0.25, 0.3) is 0 Å². The summed E-state index contributed by atoms with van der Waals surface area (Å²) in [6.07, 6.45) is 2.01. The van der Waals surface area contributed by atoms with Gasteiger partial charge in [-0.25, -0.2) is 0 Å². The summed E-state index contributed by atoms with van der Waals surface area (Å²) >= 11 is 0. The standard InChI is InChI=1S/C13H19NO2/c1-10(6-7-15)14-9-12-8-11-4-2-3-5-13(11)16-12/h2-5,10,12,14-15H,6-9H2,1H3. The van der Waals surface area contributed by atoms with Crippen LogP contribution >= 0.6 is 0 Å². The molecule has 16 heavy (non-hydrogen) atoms. The molecule has 0 fully saturated rings. The van der Waals surface area contributed by atoms with Gasteiger partial charge in [-0.3, -0.25) is 0 Å². The highest BCUT2D eigenvalue weighted by Gasteiger charge is 2.22. The summed E-state index contributed by atoms with van der Waals surface area (Å²) < 4.78 is 5.81. The monoisotopic (exact) mass is 221 g/mol. The van der Waals surface area contributed by atoms with E-state index in [9.17, 15) is 0 Å². The average Bonchev–Trinajstić information content (AvgIpc) is 2.69. The van der Waals surface area contributed by atoms with E-state index in [1.165, 1.54) is 5.56 Å². The Balaban J connectivity index is 1.79. The Morgan fingerprint density at radius 1 is 1.50 bits per heavy atom. The number of para-hydroxylation sites is 1. The summed E-state index contributed by atoms with van der Waals surface area (Å²) in [5.74, 6) is 1.02. The van der Waals surface area contributed by atoms with Crippen LogP contribution in [0.15, 0.2) is 24.3 Å². The molecular formula is C13H19NO2. The highest BCUT2D eigenvalue weighted by Crippen LogP contribution is 2.27. The lowest BCUT2D eigenvalue weighted by molar-refractivity contribution is 0.213. The molecule has 0 radical (unpaired) electrons. The number of fused-ring (bicyclic) bond motifs is 1. The molecule has 1 aliphatic heterocycles. The third-order valence-electron chi connectivity index (χ3n) is 2.97. The molecule has 0 bridgehead atoms. The van der Waals surface area contributed by atoms with Crippen LogP contribution in [0.2, 0.25) is 0 Å². The van der Waals surface area contributed by atoms with Crippen LogP contribution < -0.4 is 10.1 Å². The Morgan fingerprint density at radius 2 is 2.31 bits per heavy atom. The van der Waals surface area contributed by atoms with Gasteiger partial charge < -0.3 is 15.2 Å². The predicted octanol–water partition coefficient (Wildman–Crippen LogP) is 1.35. The summed E-state index contributed by atoms with van der Waals surface area (Å²) in [7, 11) is 0. The quantitative estimate of drug-likeness (QED) is 0.788. The van der Waals surface area contributed by atoms with Crippen molar-refractivity contribution in [3.8, 4) is 5.75 Å². The zero-order chi connectivity index (χ0) is 11.4. The van der Waals surface area contributed by atoms with Crippen LogP contribution in [0, 0.1) is 0 Å². The maximum atomic E-state index is 8.80. The van der Waals surface area contributed by atoms with Crippen molar-refractivity contribution in [2.24, 2.45) is 0 Å². The van der Waals surface area contributed by atoms with Gasteiger partial charge in [-0.05, 0) is 25.0 Å². The molecule has 2 atom stereocenters. The number of rotatable bonds is 5. The number of hydrogen-bond acceptors (Lipinski definition) is 3. The van der Waals surface area contributed by atoms with Crippen molar-refractivity contribution < 1.29 is 9.84 Å².